The summed E-state index contributed by atoms with van der Waals surface area (Å²) in [5.74, 6) is 0.175. The van der Waals surface area contributed by atoms with E-state index in [2.05, 4.69) is 10.0 Å². The van der Waals surface area contributed by atoms with Crippen molar-refractivity contribution in [3.8, 4) is 5.75 Å². The van der Waals surface area contributed by atoms with Gasteiger partial charge in [0.15, 0.2) is 0 Å². The fourth-order valence-electron chi connectivity index (χ4n) is 2.52. The number of sulfonamides is 1. The first-order chi connectivity index (χ1) is 12.4. The van der Waals surface area contributed by atoms with E-state index in [4.69, 9.17) is 4.74 Å². The quantitative estimate of drug-likeness (QED) is 0.700. The lowest BCUT2D eigenvalue weighted by molar-refractivity contribution is -0.118. The first kappa shape index (κ1) is 19.9. The highest BCUT2D eigenvalue weighted by Crippen LogP contribution is 2.25. The van der Waals surface area contributed by atoms with E-state index in [1.54, 1.807) is 18.2 Å². The third kappa shape index (κ3) is 5.86. The molecule has 0 saturated carbocycles. The number of carbonyl (C=O) groups is 1. The standard InChI is InChI=1S/C19H24N2O4S/c1-15(22)20-12-10-17-8-9-18(25-2)19(14-17)26(23,24)21-13-11-16-6-4-3-5-7-16/h3-9,14,21H,10-13H2,1-2H3,(H,20,22). The van der Waals surface area contributed by atoms with E-state index in [1.807, 2.05) is 30.3 Å². The second-order valence-corrected chi connectivity index (χ2v) is 7.59. The molecule has 0 aliphatic carbocycles. The number of hydrogen-bond acceptors (Lipinski definition) is 4. The minimum Gasteiger partial charge on any atom is -0.495 e. The zero-order valence-corrected chi connectivity index (χ0v) is 15.8. The normalized spacial score (nSPS) is 11.2. The van der Waals surface area contributed by atoms with Crippen LogP contribution in [0.3, 0.4) is 0 Å². The maximum absolute atomic E-state index is 12.7. The van der Waals surface area contributed by atoms with Crippen LogP contribution in [-0.2, 0) is 27.7 Å². The first-order valence-corrected chi connectivity index (χ1v) is 9.85. The van der Waals surface area contributed by atoms with Crippen molar-refractivity contribution < 1.29 is 17.9 Å². The average molecular weight is 376 g/mol. The molecule has 0 unspecified atom stereocenters. The molecule has 0 heterocycles. The maximum atomic E-state index is 12.7. The molecule has 2 aromatic carbocycles. The highest BCUT2D eigenvalue weighted by Gasteiger charge is 2.19. The van der Waals surface area contributed by atoms with Gasteiger partial charge in [0.25, 0.3) is 0 Å². The van der Waals surface area contributed by atoms with Gasteiger partial charge in [0, 0.05) is 20.0 Å². The molecule has 0 saturated heterocycles. The van der Waals surface area contributed by atoms with Crippen molar-refractivity contribution in [2.45, 2.75) is 24.7 Å². The zero-order valence-electron chi connectivity index (χ0n) is 15.0. The molecule has 0 spiro atoms. The van der Waals surface area contributed by atoms with Crippen LogP contribution in [0.5, 0.6) is 5.75 Å². The van der Waals surface area contributed by atoms with E-state index < -0.39 is 10.0 Å². The number of hydrogen-bond donors (Lipinski definition) is 2. The summed E-state index contributed by atoms with van der Waals surface area (Å²) >= 11 is 0. The van der Waals surface area contributed by atoms with Gasteiger partial charge in [-0.15, -0.1) is 0 Å². The lowest BCUT2D eigenvalue weighted by Gasteiger charge is -2.13. The number of ether oxygens (including phenoxy) is 1. The van der Waals surface area contributed by atoms with Gasteiger partial charge in [-0.05, 0) is 36.1 Å². The summed E-state index contributed by atoms with van der Waals surface area (Å²) in [6, 6.07) is 14.7. The predicted octanol–water partition coefficient (Wildman–Crippen LogP) is 1.89. The molecule has 0 aliphatic heterocycles. The molecule has 0 radical (unpaired) electrons. The highest BCUT2D eigenvalue weighted by molar-refractivity contribution is 7.89. The number of carbonyl (C=O) groups excluding carboxylic acids is 1. The Hall–Kier alpha value is -2.38. The van der Waals surface area contributed by atoms with E-state index >= 15 is 0 Å². The van der Waals surface area contributed by atoms with Crippen molar-refractivity contribution in [3.05, 3.63) is 59.7 Å². The van der Waals surface area contributed by atoms with Crippen LogP contribution in [0.2, 0.25) is 0 Å². The van der Waals surface area contributed by atoms with E-state index in [1.165, 1.54) is 14.0 Å². The van der Waals surface area contributed by atoms with E-state index in [0.717, 1.165) is 11.1 Å². The molecule has 7 heteroatoms. The molecule has 0 bridgehead atoms. The summed E-state index contributed by atoms with van der Waals surface area (Å²) in [6.45, 7) is 2.19. The molecule has 0 atom stereocenters. The SMILES string of the molecule is COc1ccc(CCNC(C)=O)cc1S(=O)(=O)NCCc1ccccc1. The number of nitrogens with one attached hydrogen (secondary N) is 2. The van der Waals surface area contributed by atoms with E-state index in [-0.39, 0.29) is 10.8 Å². The van der Waals surface area contributed by atoms with Crippen molar-refractivity contribution in [1.29, 1.82) is 0 Å². The Morgan fingerprint density at radius 3 is 2.35 bits per heavy atom. The van der Waals surface area contributed by atoms with Gasteiger partial charge in [0.05, 0.1) is 7.11 Å². The van der Waals surface area contributed by atoms with Gasteiger partial charge in [-0.25, -0.2) is 13.1 Å². The lowest BCUT2D eigenvalue weighted by Crippen LogP contribution is -2.27. The molecular weight excluding hydrogens is 352 g/mol. The molecule has 6 nitrogen and oxygen atoms in total. The molecule has 0 aliphatic rings. The van der Waals surface area contributed by atoms with Crippen LogP contribution < -0.4 is 14.8 Å². The maximum Gasteiger partial charge on any atom is 0.244 e. The van der Waals surface area contributed by atoms with Crippen LogP contribution in [0.15, 0.2) is 53.4 Å². The first-order valence-electron chi connectivity index (χ1n) is 8.37. The molecule has 2 rings (SSSR count). The van der Waals surface area contributed by atoms with Crippen LogP contribution in [0.1, 0.15) is 18.1 Å². The van der Waals surface area contributed by atoms with E-state index in [9.17, 15) is 13.2 Å². The van der Waals surface area contributed by atoms with Crippen molar-refractivity contribution in [2.24, 2.45) is 0 Å². The van der Waals surface area contributed by atoms with E-state index in [0.29, 0.717) is 31.7 Å². The average Bonchev–Trinajstić information content (AvgIpc) is 2.62. The van der Waals surface area contributed by atoms with Gasteiger partial charge in [-0.1, -0.05) is 36.4 Å². The second-order valence-electron chi connectivity index (χ2n) is 5.85. The van der Waals surface area contributed by atoms with Gasteiger partial charge in [-0.3, -0.25) is 4.79 Å². The smallest absolute Gasteiger partial charge is 0.244 e. The van der Waals surface area contributed by atoms with Gasteiger partial charge in [0.1, 0.15) is 10.6 Å². The Kier molecular flexibility index (Phi) is 7.17. The van der Waals surface area contributed by atoms with Gasteiger partial charge in [-0.2, -0.15) is 0 Å². The fraction of sp³-hybridized carbons (Fsp3) is 0.316. The number of rotatable bonds is 9. The van der Waals surface area contributed by atoms with Crippen LogP contribution in [0, 0.1) is 0 Å². The van der Waals surface area contributed by atoms with Gasteiger partial charge >= 0.3 is 0 Å². The Morgan fingerprint density at radius 2 is 1.69 bits per heavy atom. The number of benzene rings is 2. The summed E-state index contributed by atoms with van der Waals surface area (Å²) in [5.41, 5.74) is 1.87. The third-order valence-electron chi connectivity index (χ3n) is 3.85. The molecule has 2 aromatic rings. The topological polar surface area (TPSA) is 84.5 Å². The lowest BCUT2D eigenvalue weighted by atomic mass is 10.1. The Labute approximate surface area is 154 Å². The van der Waals surface area contributed by atoms with Crippen LogP contribution >= 0.6 is 0 Å². The second kappa shape index (κ2) is 9.35. The molecule has 140 valence electrons. The number of methoxy groups -OCH3 is 1. The molecule has 0 aromatic heterocycles. The summed E-state index contributed by atoms with van der Waals surface area (Å²) in [6.07, 6.45) is 1.14. The molecular formula is C19H24N2O4S. The Bertz CT molecular complexity index is 836. The van der Waals surface area contributed by atoms with Crippen LogP contribution in [0.4, 0.5) is 0 Å². The number of amides is 1. The summed E-state index contributed by atoms with van der Waals surface area (Å²) in [4.78, 5) is 11.1. The summed E-state index contributed by atoms with van der Waals surface area (Å²) < 4.78 is 33.2. The zero-order chi connectivity index (χ0) is 19.0. The minimum atomic E-state index is -3.70. The molecule has 0 fully saturated rings. The summed E-state index contributed by atoms with van der Waals surface area (Å²) in [5, 5.41) is 2.70. The van der Waals surface area contributed by atoms with Crippen LogP contribution in [-0.4, -0.2) is 34.5 Å². The fourth-order valence-corrected chi connectivity index (χ4v) is 3.77. The molecule has 1 amide bonds. The Balaban J connectivity index is 2.08. The largest absolute Gasteiger partial charge is 0.495 e. The van der Waals surface area contributed by atoms with Crippen molar-refractivity contribution in [3.63, 3.8) is 0 Å². The minimum absolute atomic E-state index is 0.105. The Morgan fingerprint density at radius 1 is 1.00 bits per heavy atom. The van der Waals surface area contributed by atoms with Crippen molar-refractivity contribution in [1.82, 2.24) is 10.0 Å². The van der Waals surface area contributed by atoms with Gasteiger partial charge in [0.2, 0.25) is 15.9 Å². The molecule has 26 heavy (non-hydrogen) atoms. The summed E-state index contributed by atoms with van der Waals surface area (Å²) in [7, 11) is -2.26. The third-order valence-corrected chi connectivity index (χ3v) is 5.34. The van der Waals surface area contributed by atoms with Crippen LogP contribution in [0.25, 0.3) is 0 Å². The van der Waals surface area contributed by atoms with Crippen molar-refractivity contribution in [2.75, 3.05) is 20.2 Å². The van der Waals surface area contributed by atoms with Gasteiger partial charge < -0.3 is 10.1 Å². The monoisotopic (exact) mass is 376 g/mol. The van der Waals surface area contributed by atoms with Crippen molar-refractivity contribution >= 4 is 15.9 Å². The predicted molar refractivity (Wildman–Crippen MR) is 101 cm³/mol. The molecule has 2 N–H and O–H groups in total. The highest BCUT2D eigenvalue weighted by atomic mass is 32.2.